The van der Waals surface area contributed by atoms with Crippen molar-refractivity contribution in [1.29, 1.82) is 0 Å². The van der Waals surface area contributed by atoms with Crippen molar-refractivity contribution in [2.45, 2.75) is 50.7 Å². The van der Waals surface area contributed by atoms with Crippen LogP contribution in [-0.4, -0.2) is 61.8 Å². The molecule has 0 atom stereocenters. The predicted octanol–water partition coefficient (Wildman–Crippen LogP) is 4.34. The van der Waals surface area contributed by atoms with Crippen molar-refractivity contribution in [3.8, 4) is 5.75 Å². The van der Waals surface area contributed by atoms with E-state index in [0.29, 0.717) is 11.9 Å². The highest BCUT2D eigenvalue weighted by molar-refractivity contribution is 5.70. The zero-order valence-electron chi connectivity index (χ0n) is 16.8. The van der Waals surface area contributed by atoms with Crippen LogP contribution in [0.2, 0.25) is 0 Å². The summed E-state index contributed by atoms with van der Waals surface area (Å²) < 4.78 is 11.5. The molecule has 0 saturated heterocycles. The summed E-state index contributed by atoms with van der Waals surface area (Å²) >= 11 is 0. The summed E-state index contributed by atoms with van der Waals surface area (Å²) in [6.07, 6.45) is 8.15. The molecule has 2 rings (SSSR count). The largest absolute Gasteiger partial charge is 0.415 e. The highest BCUT2D eigenvalue weighted by Gasteiger charge is 2.27. The predicted molar refractivity (Wildman–Crippen MR) is 109 cm³/mol. The van der Waals surface area contributed by atoms with Gasteiger partial charge in [-0.15, -0.1) is 6.58 Å². The van der Waals surface area contributed by atoms with Gasteiger partial charge in [0.2, 0.25) is 0 Å². The molecule has 1 aliphatic rings. The topological polar surface area (TPSA) is 42.0 Å². The maximum absolute atomic E-state index is 12.3. The molecular formula is C22H34N2O3. The molecular weight excluding hydrogens is 340 g/mol. The van der Waals surface area contributed by atoms with E-state index < -0.39 is 0 Å². The number of hydrogen-bond acceptors (Lipinski definition) is 4. The molecule has 1 fully saturated rings. The minimum atomic E-state index is -0.283. The monoisotopic (exact) mass is 374 g/mol. The third-order valence-electron chi connectivity index (χ3n) is 5.16. The number of hydrogen-bond donors (Lipinski definition) is 0. The molecule has 0 heterocycles. The minimum absolute atomic E-state index is 0.230. The quantitative estimate of drug-likeness (QED) is 0.451. The molecule has 0 radical (unpaired) electrons. The molecule has 0 bridgehead atoms. The van der Waals surface area contributed by atoms with Gasteiger partial charge in [0, 0.05) is 26.2 Å². The second-order valence-corrected chi connectivity index (χ2v) is 7.35. The zero-order valence-corrected chi connectivity index (χ0v) is 16.8. The van der Waals surface area contributed by atoms with E-state index in [0.717, 1.165) is 58.2 Å². The Bertz CT molecular complexity index is 556. The van der Waals surface area contributed by atoms with Gasteiger partial charge in [-0.25, -0.2) is 4.79 Å². The molecule has 0 aliphatic heterocycles. The van der Waals surface area contributed by atoms with Crippen LogP contribution in [0.1, 0.15) is 38.5 Å². The third kappa shape index (κ3) is 7.73. The first kappa shape index (κ1) is 21.5. The summed E-state index contributed by atoms with van der Waals surface area (Å²) in [4.78, 5) is 16.3. The number of nitrogens with zero attached hydrogens (tertiary/aromatic N) is 2. The molecule has 1 saturated carbocycles. The molecule has 1 aromatic carbocycles. The van der Waals surface area contributed by atoms with Crippen molar-refractivity contribution >= 4 is 6.09 Å². The van der Waals surface area contributed by atoms with Gasteiger partial charge >= 0.3 is 6.09 Å². The van der Waals surface area contributed by atoms with Crippen LogP contribution in [0.4, 0.5) is 4.79 Å². The number of para-hydroxylation sites is 1. The molecule has 1 aliphatic carbocycles. The highest BCUT2D eigenvalue weighted by Crippen LogP contribution is 2.25. The minimum Gasteiger partial charge on any atom is -0.410 e. The summed E-state index contributed by atoms with van der Waals surface area (Å²) in [5, 5.41) is 0. The molecule has 27 heavy (non-hydrogen) atoms. The van der Waals surface area contributed by atoms with E-state index in [9.17, 15) is 4.79 Å². The molecule has 0 spiro atoms. The second kappa shape index (κ2) is 11.8. The Labute approximate surface area is 163 Å². The standard InChI is InChI=1S/C22H34N2O3/c1-4-16-23(2)17-8-9-18-26-20-14-12-19(13-15-20)24(3)22(25)27-21-10-6-5-7-11-21/h4-7,10-11,19-20H,1,8-9,12-18H2,2-3H3/t19-,20-. The number of benzene rings is 1. The Morgan fingerprint density at radius 2 is 1.85 bits per heavy atom. The number of amides is 1. The van der Waals surface area contributed by atoms with Gasteiger partial charge in [0.15, 0.2) is 0 Å². The average Bonchev–Trinajstić information content (AvgIpc) is 2.68. The smallest absolute Gasteiger partial charge is 0.410 e. The first-order valence-electron chi connectivity index (χ1n) is 10.0. The molecule has 1 aromatic rings. The van der Waals surface area contributed by atoms with Gasteiger partial charge in [0.05, 0.1) is 6.10 Å². The molecule has 0 aromatic heterocycles. The first-order chi connectivity index (χ1) is 13.1. The zero-order chi connectivity index (χ0) is 19.5. The average molecular weight is 375 g/mol. The highest BCUT2D eigenvalue weighted by atomic mass is 16.6. The first-order valence-corrected chi connectivity index (χ1v) is 10.0. The van der Waals surface area contributed by atoms with Crippen molar-refractivity contribution in [3.05, 3.63) is 43.0 Å². The molecule has 5 nitrogen and oxygen atoms in total. The van der Waals surface area contributed by atoms with Crippen LogP contribution in [-0.2, 0) is 4.74 Å². The van der Waals surface area contributed by atoms with Crippen molar-refractivity contribution in [1.82, 2.24) is 9.80 Å². The maximum atomic E-state index is 12.3. The lowest BCUT2D eigenvalue weighted by molar-refractivity contribution is 0.0101. The number of carbonyl (C=O) groups excluding carboxylic acids is 1. The van der Waals surface area contributed by atoms with Crippen LogP contribution < -0.4 is 4.74 Å². The fraction of sp³-hybridized carbons (Fsp3) is 0.591. The molecule has 0 N–H and O–H groups in total. The molecule has 0 unspecified atom stereocenters. The summed E-state index contributed by atoms with van der Waals surface area (Å²) in [7, 11) is 3.94. The molecule has 5 heteroatoms. The van der Waals surface area contributed by atoms with Gasteiger partial charge in [-0.05, 0) is 64.3 Å². The lowest BCUT2D eigenvalue weighted by Gasteiger charge is -2.34. The van der Waals surface area contributed by atoms with Crippen molar-refractivity contribution in [2.75, 3.05) is 33.8 Å². The maximum Gasteiger partial charge on any atom is 0.415 e. The van der Waals surface area contributed by atoms with Crippen LogP contribution >= 0.6 is 0 Å². The van der Waals surface area contributed by atoms with Gasteiger partial charge in [0.1, 0.15) is 5.75 Å². The lowest BCUT2D eigenvalue weighted by atomic mass is 9.92. The van der Waals surface area contributed by atoms with Crippen molar-refractivity contribution in [3.63, 3.8) is 0 Å². The fourth-order valence-electron chi connectivity index (χ4n) is 3.46. The molecule has 150 valence electrons. The van der Waals surface area contributed by atoms with Crippen molar-refractivity contribution in [2.24, 2.45) is 0 Å². The number of ether oxygens (including phenoxy) is 2. The Morgan fingerprint density at radius 3 is 2.52 bits per heavy atom. The van der Waals surface area contributed by atoms with Crippen LogP contribution in [0.25, 0.3) is 0 Å². The SMILES string of the molecule is C=CCN(C)CCCCO[C@H]1CC[C@H](N(C)C(=O)Oc2ccccc2)CC1. The number of unbranched alkanes of at least 4 members (excludes halogenated alkanes) is 1. The van der Waals surface area contributed by atoms with Crippen LogP contribution in [0.5, 0.6) is 5.75 Å². The van der Waals surface area contributed by atoms with E-state index >= 15 is 0 Å². The van der Waals surface area contributed by atoms with E-state index in [4.69, 9.17) is 9.47 Å². The normalized spacial score (nSPS) is 19.7. The van der Waals surface area contributed by atoms with Gasteiger partial charge < -0.3 is 19.3 Å². The third-order valence-corrected chi connectivity index (χ3v) is 5.16. The van der Waals surface area contributed by atoms with Crippen LogP contribution in [0.15, 0.2) is 43.0 Å². The number of rotatable bonds is 10. The van der Waals surface area contributed by atoms with E-state index in [1.54, 1.807) is 17.0 Å². The van der Waals surface area contributed by atoms with Crippen LogP contribution in [0.3, 0.4) is 0 Å². The van der Waals surface area contributed by atoms with E-state index in [1.165, 1.54) is 0 Å². The van der Waals surface area contributed by atoms with E-state index in [1.807, 2.05) is 31.3 Å². The number of likely N-dealkylation sites (N-methyl/N-ethyl adjacent to an activating group) is 1. The fourth-order valence-corrected chi connectivity index (χ4v) is 3.46. The summed E-state index contributed by atoms with van der Waals surface area (Å²) in [5.74, 6) is 0.588. The molecule has 1 amide bonds. The summed E-state index contributed by atoms with van der Waals surface area (Å²) in [5.41, 5.74) is 0. The summed E-state index contributed by atoms with van der Waals surface area (Å²) in [6.45, 7) is 6.60. The Morgan fingerprint density at radius 1 is 1.15 bits per heavy atom. The van der Waals surface area contributed by atoms with Gasteiger partial charge in [-0.3, -0.25) is 0 Å². The van der Waals surface area contributed by atoms with Gasteiger partial charge in [0.25, 0.3) is 0 Å². The van der Waals surface area contributed by atoms with Crippen LogP contribution in [0, 0.1) is 0 Å². The van der Waals surface area contributed by atoms with Gasteiger partial charge in [-0.1, -0.05) is 24.3 Å². The Hall–Kier alpha value is -1.85. The second-order valence-electron chi connectivity index (χ2n) is 7.35. The number of carbonyl (C=O) groups is 1. The Kier molecular flexibility index (Phi) is 9.36. The summed E-state index contributed by atoms with van der Waals surface area (Å²) in [6, 6.07) is 9.46. The van der Waals surface area contributed by atoms with E-state index in [2.05, 4.69) is 18.5 Å². The lowest BCUT2D eigenvalue weighted by Crippen LogP contribution is -2.42. The van der Waals surface area contributed by atoms with Crippen molar-refractivity contribution < 1.29 is 14.3 Å². The van der Waals surface area contributed by atoms with E-state index in [-0.39, 0.29) is 12.1 Å². The van der Waals surface area contributed by atoms with Gasteiger partial charge in [-0.2, -0.15) is 0 Å². The Balaban J connectivity index is 1.60.